The van der Waals surface area contributed by atoms with Crippen molar-refractivity contribution < 1.29 is 57.3 Å². The van der Waals surface area contributed by atoms with Crippen LogP contribution in [0.5, 0.6) is 0 Å². The highest BCUT2D eigenvalue weighted by atomic mass is 32.2. The number of carbonyl (C=O) groups excluding carboxylic acids is 1. The Balaban J connectivity index is 0.000000569. The van der Waals surface area contributed by atoms with Gasteiger partial charge in [-0.05, 0) is 23.7 Å². The van der Waals surface area contributed by atoms with Gasteiger partial charge < -0.3 is 4.55 Å². The molecule has 0 aromatic heterocycles. The third-order valence-corrected chi connectivity index (χ3v) is 6.02. The molecule has 1 saturated carbocycles. The van der Waals surface area contributed by atoms with Gasteiger partial charge >= 0.3 is 23.3 Å². The summed E-state index contributed by atoms with van der Waals surface area (Å²) in [5.74, 6) is -14.3. The molecule has 0 spiro atoms. The monoisotopic (exact) mass is 458 g/mol. The van der Waals surface area contributed by atoms with E-state index in [1.54, 1.807) is 0 Å². The largest absolute Gasteiger partial charge is 0.743 e. The Bertz CT molecular complexity index is 629. The van der Waals surface area contributed by atoms with Crippen molar-refractivity contribution in [3.8, 4) is 0 Å². The van der Waals surface area contributed by atoms with Crippen molar-refractivity contribution in [2.75, 3.05) is 12.5 Å². The van der Waals surface area contributed by atoms with Crippen molar-refractivity contribution in [1.82, 2.24) is 0 Å². The normalized spacial score (nSPS) is 20.3. The first-order valence-electron chi connectivity index (χ1n) is 6.96. The molecule has 0 aliphatic heterocycles. The summed E-state index contributed by atoms with van der Waals surface area (Å²) in [7, 11) is -7.10. The maximum atomic E-state index is 12.2. The van der Waals surface area contributed by atoms with E-state index in [0.29, 0.717) is 21.9 Å². The smallest absolute Gasteiger partial charge is 0.460 e. The molecule has 0 aromatic rings. The van der Waals surface area contributed by atoms with Crippen LogP contribution in [0.2, 0.25) is 0 Å². The van der Waals surface area contributed by atoms with Crippen LogP contribution < -0.4 is 0 Å². The summed E-state index contributed by atoms with van der Waals surface area (Å²) in [6, 6.07) is 0. The van der Waals surface area contributed by atoms with E-state index in [2.05, 4.69) is 12.5 Å². The lowest BCUT2D eigenvalue weighted by atomic mass is 9.99. The van der Waals surface area contributed by atoms with Crippen LogP contribution in [0.4, 0.5) is 39.5 Å². The first kappa shape index (κ1) is 26.3. The number of rotatable bonds is 4. The molecule has 0 radical (unpaired) electrons. The number of hydrogen-bond donors (Lipinski definition) is 0. The van der Waals surface area contributed by atoms with Gasteiger partial charge in [0.15, 0.2) is 21.2 Å². The SMILES string of the molecule is C[S+](C)C1CCCCC1=O.O=S(=O)([O-])C(F)(F)C(F)(F)C(F)(F)C(F)(F)F. The number of alkyl halides is 9. The predicted octanol–water partition coefficient (Wildman–Crippen LogP) is 3.33. The van der Waals surface area contributed by atoms with E-state index in [9.17, 15) is 57.3 Å². The van der Waals surface area contributed by atoms with Crippen molar-refractivity contribution in [2.24, 2.45) is 0 Å². The molecular weight excluding hydrogens is 443 g/mol. The average molecular weight is 458 g/mol. The summed E-state index contributed by atoms with van der Waals surface area (Å²) in [5, 5.41) is -6.70. The van der Waals surface area contributed by atoms with Crippen LogP contribution in [0.3, 0.4) is 0 Å². The highest BCUT2D eigenvalue weighted by Crippen LogP contribution is 2.54. The zero-order valence-corrected chi connectivity index (χ0v) is 15.4. The summed E-state index contributed by atoms with van der Waals surface area (Å²) in [6.07, 6.45) is 1.57. The molecule has 1 fully saturated rings. The van der Waals surface area contributed by atoms with Crippen LogP contribution in [-0.4, -0.2) is 59.8 Å². The van der Waals surface area contributed by atoms with Gasteiger partial charge in [-0.25, -0.2) is 8.42 Å². The van der Waals surface area contributed by atoms with Gasteiger partial charge in [-0.1, -0.05) is 0 Å². The molecule has 1 aliphatic rings. The number of halogens is 9. The highest BCUT2D eigenvalue weighted by Gasteiger charge is 2.83. The van der Waals surface area contributed by atoms with E-state index < -0.39 is 33.4 Å². The zero-order chi connectivity index (χ0) is 22.1. The lowest BCUT2D eigenvalue weighted by molar-refractivity contribution is -0.382. The van der Waals surface area contributed by atoms with Gasteiger partial charge in [-0.15, -0.1) is 0 Å². The maximum absolute atomic E-state index is 12.2. The molecule has 1 atom stereocenters. The van der Waals surface area contributed by atoms with Gasteiger partial charge in [0.25, 0.3) is 0 Å². The molecule has 15 heteroatoms. The molecule has 27 heavy (non-hydrogen) atoms. The quantitative estimate of drug-likeness (QED) is 0.368. The first-order chi connectivity index (χ1) is 11.7. The van der Waals surface area contributed by atoms with Crippen molar-refractivity contribution in [1.29, 1.82) is 0 Å². The van der Waals surface area contributed by atoms with Crippen LogP contribution in [-0.2, 0) is 25.8 Å². The standard InChI is InChI=1S/C8H15OS.C4HF9O3S/c1-10(2)8-6-4-3-5-7(8)9;5-1(6,3(9,10)11)2(7,8)4(12,13)17(14,15)16/h8H,3-6H2,1-2H3;(H,14,15,16)/q+1;/p-1. The van der Waals surface area contributed by atoms with Gasteiger partial charge in [0, 0.05) is 12.8 Å². The minimum Gasteiger partial charge on any atom is -0.743 e. The van der Waals surface area contributed by atoms with Gasteiger partial charge in [0.2, 0.25) is 0 Å². The first-order valence-corrected chi connectivity index (χ1v) is 10.5. The number of ketones is 1. The molecule has 0 saturated heterocycles. The molecule has 0 N–H and O–H groups in total. The van der Waals surface area contributed by atoms with Crippen LogP contribution in [0.1, 0.15) is 25.7 Å². The Morgan fingerprint density at radius 1 is 0.926 bits per heavy atom. The van der Waals surface area contributed by atoms with E-state index in [1.807, 2.05) is 0 Å². The fourth-order valence-corrected chi connectivity index (χ4v) is 3.69. The van der Waals surface area contributed by atoms with Gasteiger partial charge in [-0.2, -0.15) is 39.5 Å². The molecule has 0 heterocycles. The Morgan fingerprint density at radius 2 is 1.37 bits per heavy atom. The number of hydrogen-bond acceptors (Lipinski definition) is 4. The van der Waals surface area contributed by atoms with Gasteiger partial charge in [-0.3, -0.25) is 4.79 Å². The van der Waals surface area contributed by atoms with Crippen molar-refractivity contribution in [2.45, 2.75) is 54.2 Å². The van der Waals surface area contributed by atoms with Crippen molar-refractivity contribution in [3.05, 3.63) is 0 Å². The topological polar surface area (TPSA) is 74.3 Å². The van der Waals surface area contributed by atoms with E-state index in [-0.39, 0.29) is 0 Å². The van der Waals surface area contributed by atoms with Gasteiger partial charge in [0.1, 0.15) is 0 Å². The van der Waals surface area contributed by atoms with E-state index in [1.165, 1.54) is 6.42 Å². The third kappa shape index (κ3) is 5.43. The Hall–Kier alpha value is -0.700. The summed E-state index contributed by atoms with van der Waals surface area (Å²) in [6.45, 7) is 0. The summed E-state index contributed by atoms with van der Waals surface area (Å²) in [4.78, 5) is 11.2. The van der Waals surface area contributed by atoms with Crippen LogP contribution in [0.25, 0.3) is 0 Å². The molecule has 0 bridgehead atoms. The Kier molecular flexibility index (Phi) is 8.13. The molecule has 0 aromatic carbocycles. The number of Topliss-reactive ketones (excluding diaryl/α,β-unsaturated/α-hetero) is 1. The van der Waals surface area contributed by atoms with Crippen LogP contribution in [0.15, 0.2) is 0 Å². The molecular formula is C12H15F9O4S2. The summed E-state index contributed by atoms with van der Waals surface area (Å²) in [5.41, 5.74) is 0. The maximum Gasteiger partial charge on any atom is 0.460 e. The second kappa shape index (κ2) is 8.35. The fraction of sp³-hybridized carbons (Fsp3) is 0.917. The molecule has 1 rings (SSSR count). The Labute approximate surface area is 151 Å². The molecule has 162 valence electrons. The third-order valence-electron chi connectivity index (χ3n) is 3.50. The second-order valence-electron chi connectivity index (χ2n) is 5.70. The van der Waals surface area contributed by atoms with Crippen LogP contribution in [0, 0.1) is 0 Å². The summed E-state index contributed by atoms with van der Waals surface area (Å²) >= 11 is 0. The fourth-order valence-electron chi connectivity index (χ4n) is 1.97. The Morgan fingerprint density at radius 3 is 1.63 bits per heavy atom. The lowest BCUT2D eigenvalue weighted by Crippen LogP contribution is -2.63. The van der Waals surface area contributed by atoms with Crippen LogP contribution >= 0.6 is 0 Å². The lowest BCUT2D eigenvalue weighted by Gasteiger charge is -2.34. The zero-order valence-electron chi connectivity index (χ0n) is 13.8. The molecule has 1 aliphatic carbocycles. The van der Waals surface area contributed by atoms with Crippen molar-refractivity contribution in [3.63, 3.8) is 0 Å². The molecule has 1 unspecified atom stereocenters. The highest BCUT2D eigenvalue weighted by molar-refractivity contribution is 7.96. The van der Waals surface area contributed by atoms with Gasteiger partial charge in [0.05, 0.1) is 12.5 Å². The molecule has 4 nitrogen and oxygen atoms in total. The predicted molar refractivity (Wildman–Crippen MR) is 77.1 cm³/mol. The van der Waals surface area contributed by atoms with E-state index >= 15 is 0 Å². The minimum absolute atomic E-state index is 0.318. The average Bonchev–Trinajstić information content (AvgIpc) is 2.45. The minimum atomic E-state index is -7.43. The number of carbonyl (C=O) groups is 1. The summed E-state index contributed by atoms with van der Waals surface area (Å²) < 4.78 is 135. The van der Waals surface area contributed by atoms with E-state index in [4.69, 9.17) is 0 Å². The second-order valence-corrected chi connectivity index (χ2v) is 9.45. The van der Waals surface area contributed by atoms with E-state index in [0.717, 1.165) is 19.3 Å². The molecule has 0 amide bonds. The van der Waals surface area contributed by atoms with Crippen molar-refractivity contribution >= 4 is 26.8 Å².